The van der Waals surface area contributed by atoms with Crippen molar-refractivity contribution in [2.75, 3.05) is 32.7 Å². The summed E-state index contributed by atoms with van der Waals surface area (Å²) in [7, 11) is 0. The fraction of sp³-hybridized carbons (Fsp3) is 0.412. The van der Waals surface area contributed by atoms with E-state index in [1.165, 1.54) is 17.3 Å². The molecule has 0 aliphatic carbocycles. The number of carbonyl (C=O) groups excluding carboxylic acids is 1. The van der Waals surface area contributed by atoms with Gasteiger partial charge in [-0.05, 0) is 36.9 Å². The molecule has 0 unspecified atom stereocenters. The van der Waals surface area contributed by atoms with Crippen molar-refractivity contribution in [2.45, 2.75) is 13.8 Å². The molecule has 0 atom stereocenters. The van der Waals surface area contributed by atoms with E-state index in [0.717, 1.165) is 48.4 Å². The first kappa shape index (κ1) is 18.2. The highest BCUT2D eigenvalue weighted by Crippen LogP contribution is 2.30. The van der Waals surface area contributed by atoms with Gasteiger partial charge < -0.3 is 9.80 Å². The van der Waals surface area contributed by atoms with Gasteiger partial charge in [-0.1, -0.05) is 36.8 Å². The topological polar surface area (TPSA) is 35.9 Å². The molecule has 2 aliphatic rings. The van der Waals surface area contributed by atoms with Gasteiger partial charge in [0.2, 0.25) is 0 Å². The summed E-state index contributed by atoms with van der Waals surface area (Å²) in [5, 5.41) is 0.860. The summed E-state index contributed by atoms with van der Waals surface area (Å²) in [4.78, 5) is 21.7. The molecule has 3 rings (SSSR count). The number of aliphatic imine (C=N–C) groups is 1. The molecule has 1 amide bonds. The standard InChI is InChI=1S/C17H21N3OS.BrH/c1-3-19-8-10-20(11-9-19)17-18-16(21)15(22-17)12-14-6-4-13(2)5-7-14;/h4-7,12H,3,8-11H2,1-2H3;1H. The molecular weight excluding hydrogens is 374 g/mol. The number of rotatable bonds is 2. The summed E-state index contributed by atoms with van der Waals surface area (Å²) in [5.41, 5.74) is 2.27. The molecule has 0 bridgehead atoms. The third-order valence-electron chi connectivity index (χ3n) is 4.07. The Hall–Kier alpha value is -1.11. The second-order valence-electron chi connectivity index (χ2n) is 5.64. The highest BCUT2D eigenvalue weighted by atomic mass is 79.9. The molecule has 124 valence electrons. The summed E-state index contributed by atoms with van der Waals surface area (Å²) >= 11 is 1.50. The normalized spacial score (nSPS) is 20.6. The zero-order valence-electron chi connectivity index (χ0n) is 13.5. The maximum Gasteiger partial charge on any atom is 0.286 e. The number of amides is 1. The number of likely N-dealkylation sites (N-methyl/N-ethyl adjacent to an activating group) is 1. The van der Waals surface area contributed by atoms with E-state index < -0.39 is 0 Å². The average Bonchev–Trinajstić information content (AvgIpc) is 2.91. The van der Waals surface area contributed by atoms with Crippen LogP contribution in [0.15, 0.2) is 34.2 Å². The van der Waals surface area contributed by atoms with Crippen molar-refractivity contribution in [3.8, 4) is 0 Å². The number of aryl methyl sites for hydroxylation is 1. The minimum Gasteiger partial charge on any atom is -0.348 e. The summed E-state index contributed by atoms with van der Waals surface area (Å²) < 4.78 is 0. The number of thioether (sulfide) groups is 1. The van der Waals surface area contributed by atoms with E-state index in [0.29, 0.717) is 0 Å². The van der Waals surface area contributed by atoms with Gasteiger partial charge in [0.15, 0.2) is 5.17 Å². The van der Waals surface area contributed by atoms with E-state index in [1.807, 2.05) is 18.2 Å². The van der Waals surface area contributed by atoms with Crippen molar-refractivity contribution in [1.82, 2.24) is 9.80 Å². The Bertz CT molecular complexity index is 619. The van der Waals surface area contributed by atoms with Gasteiger partial charge in [-0.15, -0.1) is 17.0 Å². The third kappa shape index (κ3) is 4.46. The number of amidine groups is 1. The minimum atomic E-state index is -0.113. The second kappa shape index (κ2) is 8.13. The van der Waals surface area contributed by atoms with Gasteiger partial charge >= 0.3 is 0 Å². The first-order valence-electron chi connectivity index (χ1n) is 7.72. The van der Waals surface area contributed by atoms with Gasteiger partial charge in [-0.25, -0.2) is 0 Å². The first-order valence-corrected chi connectivity index (χ1v) is 8.54. The number of halogens is 1. The summed E-state index contributed by atoms with van der Waals surface area (Å²) in [5.74, 6) is -0.113. The van der Waals surface area contributed by atoms with Crippen LogP contribution in [-0.2, 0) is 4.79 Å². The molecule has 0 saturated carbocycles. The molecule has 0 N–H and O–H groups in total. The SMILES string of the molecule is Br.CCN1CCN(C2=NC(=O)C(=Cc3ccc(C)cc3)S2)CC1. The maximum absolute atomic E-state index is 12.1. The zero-order valence-corrected chi connectivity index (χ0v) is 16.0. The van der Waals surface area contributed by atoms with E-state index in [1.54, 1.807) is 0 Å². The fourth-order valence-corrected chi connectivity index (χ4v) is 3.57. The van der Waals surface area contributed by atoms with Crippen molar-refractivity contribution in [3.63, 3.8) is 0 Å². The smallest absolute Gasteiger partial charge is 0.286 e. The van der Waals surface area contributed by atoms with Crippen molar-refractivity contribution in [1.29, 1.82) is 0 Å². The van der Waals surface area contributed by atoms with E-state index in [4.69, 9.17) is 0 Å². The monoisotopic (exact) mass is 395 g/mol. The van der Waals surface area contributed by atoms with E-state index >= 15 is 0 Å². The summed E-state index contributed by atoms with van der Waals surface area (Å²) in [6, 6.07) is 8.19. The predicted molar refractivity (Wildman–Crippen MR) is 103 cm³/mol. The largest absolute Gasteiger partial charge is 0.348 e. The van der Waals surface area contributed by atoms with Gasteiger partial charge in [-0.2, -0.15) is 4.99 Å². The van der Waals surface area contributed by atoms with Crippen LogP contribution in [0.25, 0.3) is 6.08 Å². The highest BCUT2D eigenvalue weighted by Gasteiger charge is 2.28. The number of piperazine rings is 1. The van der Waals surface area contributed by atoms with Crippen molar-refractivity contribution >= 4 is 45.9 Å². The first-order chi connectivity index (χ1) is 10.7. The molecule has 1 fully saturated rings. The number of nitrogens with zero attached hydrogens (tertiary/aromatic N) is 3. The molecule has 0 aromatic heterocycles. The molecule has 4 nitrogen and oxygen atoms in total. The molecule has 2 heterocycles. The Morgan fingerprint density at radius 3 is 2.43 bits per heavy atom. The van der Waals surface area contributed by atoms with Crippen LogP contribution in [0.5, 0.6) is 0 Å². The van der Waals surface area contributed by atoms with Crippen LogP contribution >= 0.6 is 28.7 Å². The fourth-order valence-electron chi connectivity index (χ4n) is 2.60. The predicted octanol–water partition coefficient (Wildman–Crippen LogP) is 3.18. The number of benzene rings is 1. The van der Waals surface area contributed by atoms with E-state index in [9.17, 15) is 4.79 Å². The lowest BCUT2D eigenvalue weighted by Crippen LogP contribution is -2.47. The number of hydrogen-bond acceptors (Lipinski definition) is 4. The second-order valence-corrected chi connectivity index (χ2v) is 6.65. The van der Waals surface area contributed by atoms with Gasteiger partial charge in [0, 0.05) is 26.2 Å². The Morgan fingerprint density at radius 2 is 1.83 bits per heavy atom. The lowest BCUT2D eigenvalue weighted by atomic mass is 10.1. The van der Waals surface area contributed by atoms with Gasteiger partial charge in [-0.3, -0.25) is 4.79 Å². The number of carbonyl (C=O) groups is 1. The molecule has 23 heavy (non-hydrogen) atoms. The van der Waals surface area contributed by atoms with Crippen LogP contribution in [-0.4, -0.2) is 53.6 Å². The molecular formula is C17H22BrN3OS. The molecule has 2 aliphatic heterocycles. The lowest BCUT2D eigenvalue weighted by Gasteiger charge is -2.34. The molecule has 6 heteroatoms. The molecule has 1 aromatic rings. The van der Waals surface area contributed by atoms with Crippen molar-refractivity contribution in [2.24, 2.45) is 4.99 Å². The van der Waals surface area contributed by atoms with Crippen LogP contribution in [0.1, 0.15) is 18.1 Å². The van der Waals surface area contributed by atoms with Gasteiger partial charge in [0.1, 0.15) is 0 Å². The molecule has 0 radical (unpaired) electrons. The van der Waals surface area contributed by atoms with E-state index in [2.05, 4.69) is 40.8 Å². The Kier molecular flexibility index (Phi) is 6.44. The van der Waals surface area contributed by atoms with Crippen molar-refractivity contribution in [3.05, 3.63) is 40.3 Å². The molecule has 1 aromatic carbocycles. The van der Waals surface area contributed by atoms with Crippen LogP contribution in [0.4, 0.5) is 0 Å². The molecule has 0 spiro atoms. The molecule has 1 saturated heterocycles. The summed E-state index contributed by atoms with van der Waals surface area (Å²) in [6.45, 7) is 9.32. The maximum atomic E-state index is 12.1. The lowest BCUT2D eigenvalue weighted by molar-refractivity contribution is -0.113. The van der Waals surface area contributed by atoms with Gasteiger partial charge in [0.05, 0.1) is 4.91 Å². The van der Waals surface area contributed by atoms with Crippen LogP contribution in [0.2, 0.25) is 0 Å². The highest BCUT2D eigenvalue weighted by molar-refractivity contribution is 8.93. The Morgan fingerprint density at radius 1 is 1.17 bits per heavy atom. The van der Waals surface area contributed by atoms with Crippen LogP contribution in [0.3, 0.4) is 0 Å². The minimum absolute atomic E-state index is 0. The van der Waals surface area contributed by atoms with Crippen LogP contribution < -0.4 is 0 Å². The number of hydrogen-bond donors (Lipinski definition) is 0. The van der Waals surface area contributed by atoms with E-state index in [-0.39, 0.29) is 22.9 Å². The zero-order chi connectivity index (χ0) is 15.5. The van der Waals surface area contributed by atoms with Crippen LogP contribution in [0, 0.1) is 6.92 Å². The average molecular weight is 396 g/mol. The summed E-state index contributed by atoms with van der Waals surface area (Å²) in [6.07, 6.45) is 1.94. The third-order valence-corrected chi connectivity index (χ3v) is 5.12. The van der Waals surface area contributed by atoms with Gasteiger partial charge in [0.25, 0.3) is 5.91 Å². The Balaban J connectivity index is 0.00000192. The quantitative estimate of drug-likeness (QED) is 0.720. The Labute approximate surface area is 152 Å². The van der Waals surface area contributed by atoms with Crippen molar-refractivity contribution < 1.29 is 4.79 Å².